The summed E-state index contributed by atoms with van der Waals surface area (Å²) in [5, 5.41) is 5.93. The lowest BCUT2D eigenvalue weighted by molar-refractivity contribution is 0.0901. The van der Waals surface area contributed by atoms with Crippen LogP contribution in [0.3, 0.4) is 0 Å². The molecule has 2 heterocycles. The van der Waals surface area contributed by atoms with E-state index in [4.69, 9.17) is 10.2 Å². The molecule has 20 heavy (non-hydrogen) atoms. The van der Waals surface area contributed by atoms with Gasteiger partial charge in [-0.25, -0.2) is 4.98 Å². The number of carbonyl (C=O) groups is 1. The minimum absolute atomic E-state index is 0.175. The highest BCUT2D eigenvalue weighted by atomic mass is 32.1. The topological polar surface area (TPSA) is 81.2 Å². The number of rotatable bonds is 5. The molecule has 2 aromatic rings. The van der Waals surface area contributed by atoms with E-state index < -0.39 is 5.54 Å². The summed E-state index contributed by atoms with van der Waals surface area (Å²) in [5.41, 5.74) is 6.45. The van der Waals surface area contributed by atoms with Crippen LogP contribution in [-0.4, -0.2) is 10.9 Å². The van der Waals surface area contributed by atoms with E-state index in [1.807, 2.05) is 26.2 Å². The van der Waals surface area contributed by atoms with Crippen molar-refractivity contribution in [3.8, 4) is 0 Å². The second-order valence-corrected chi connectivity index (χ2v) is 5.80. The van der Waals surface area contributed by atoms with Crippen molar-refractivity contribution in [2.24, 2.45) is 5.73 Å². The van der Waals surface area contributed by atoms with Crippen LogP contribution >= 0.6 is 11.3 Å². The largest absolute Gasteiger partial charge is 0.467 e. The number of carbonyl (C=O) groups excluding carboxylic acids is 1. The highest BCUT2D eigenvalue weighted by molar-refractivity contribution is 7.09. The first kappa shape index (κ1) is 14.7. The molecule has 1 unspecified atom stereocenters. The minimum atomic E-state index is -0.476. The molecule has 108 valence electrons. The van der Waals surface area contributed by atoms with Gasteiger partial charge in [-0.15, -0.1) is 11.3 Å². The third-order valence-corrected chi connectivity index (χ3v) is 4.53. The molecule has 1 amide bonds. The first-order valence-electron chi connectivity index (χ1n) is 6.51. The van der Waals surface area contributed by atoms with E-state index >= 15 is 0 Å². The molecule has 5 nitrogen and oxygen atoms in total. The number of aromatic nitrogens is 1. The Morgan fingerprint density at radius 2 is 2.35 bits per heavy atom. The lowest BCUT2D eigenvalue weighted by Gasteiger charge is -2.27. The van der Waals surface area contributed by atoms with E-state index in [9.17, 15) is 4.79 Å². The van der Waals surface area contributed by atoms with Crippen LogP contribution in [0.1, 0.15) is 47.1 Å². The molecule has 0 radical (unpaired) electrons. The Morgan fingerprint density at radius 3 is 2.85 bits per heavy atom. The van der Waals surface area contributed by atoms with Gasteiger partial charge in [0.05, 0.1) is 17.6 Å². The van der Waals surface area contributed by atoms with E-state index in [2.05, 4.69) is 10.3 Å². The average Bonchev–Trinajstić information content (AvgIpc) is 3.07. The Bertz CT molecular complexity index is 605. The molecule has 0 aliphatic heterocycles. The second kappa shape index (κ2) is 5.76. The van der Waals surface area contributed by atoms with Gasteiger partial charge in [-0.3, -0.25) is 4.79 Å². The molecule has 0 saturated carbocycles. The third-order valence-electron chi connectivity index (χ3n) is 3.30. The fraction of sp³-hybridized carbons (Fsp3) is 0.429. The van der Waals surface area contributed by atoms with Gasteiger partial charge >= 0.3 is 0 Å². The van der Waals surface area contributed by atoms with Crippen LogP contribution in [0.2, 0.25) is 0 Å². The number of nitrogens with two attached hydrogens (primary N) is 1. The van der Waals surface area contributed by atoms with Crippen molar-refractivity contribution in [3.05, 3.63) is 39.7 Å². The molecule has 0 saturated heterocycles. The Balaban J connectivity index is 2.19. The highest BCUT2D eigenvalue weighted by Gasteiger charge is 2.30. The van der Waals surface area contributed by atoms with Crippen molar-refractivity contribution in [1.29, 1.82) is 0 Å². The molecule has 0 bridgehead atoms. The standard InChI is InChI=1S/C14H19N3O2S/c1-4-14(3,13-16-9(2)8-20-13)17-12(18)10-5-11(6-15)19-7-10/h5,7-8H,4,6,15H2,1-3H3,(H,17,18). The quantitative estimate of drug-likeness (QED) is 0.887. The number of nitrogens with zero attached hydrogens (tertiary/aromatic N) is 1. The van der Waals surface area contributed by atoms with Crippen LogP contribution in [0.15, 0.2) is 22.1 Å². The SMILES string of the molecule is CCC(C)(NC(=O)c1coc(CN)c1)c1nc(C)cs1. The maximum atomic E-state index is 12.3. The van der Waals surface area contributed by atoms with Crippen LogP contribution in [0.25, 0.3) is 0 Å². The van der Waals surface area contributed by atoms with Crippen LogP contribution in [0.4, 0.5) is 0 Å². The van der Waals surface area contributed by atoms with Gasteiger partial charge in [0.25, 0.3) is 5.91 Å². The average molecular weight is 293 g/mol. The molecule has 0 spiro atoms. The number of furan rings is 1. The van der Waals surface area contributed by atoms with E-state index in [-0.39, 0.29) is 12.5 Å². The molecular formula is C14H19N3O2S. The predicted molar refractivity (Wildman–Crippen MR) is 78.6 cm³/mol. The van der Waals surface area contributed by atoms with Gasteiger partial charge in [-0.05, 0) is 26.3 Å². The monoisotopic (exact) mass is 293 g/mol. The molecule has 0 aliphatic carbocycles. The van der Waals surface area contributed by atoms with Crippen LogP contribution < -0.4 is 11.1 Å². The lowest BCUT2D eigenvalue weighted by Crippen LogP contribution is -2.42. The number of amides is 1. The Morgan fingerprint density at radius 1 is 1.60 bits per heavy atom. The predicted octanol–water partition coefficient (Wildman–Crippen LogP) is 2.56. The van der Waals surface area contributed by atoms with E-state index in [1.54, 1.807) is 17.4 Å². The van der Waals surface area contributed by atoms with Gasteiger partial charge in [0.2, 0.25) is 0 Å². The molecule has 3 N–H and O–H groups in total. The fourth-order valence-electron chi connectivity index (χ4n) is 1.83. The van der Waals surface area contributed by atoms with Crippen LogP contribution in [0.5, 0.6) is 0 Å². The zero-order chi connectivity index (χ0) is 14.8. The van der Waals surface area contributed by atoms with E-state index in [1.165, 1.54) is 6.26 Å². The minimum Gasteiger partial charge on any atom is -0.467 e. The normalized spacial score (nSPS) is 14.0. The highest BCUT2D eigenvalue weighted by Crippen LogP contribution is 2.28. The molecule has 2 aromatic heterocycles. The molecule has 0 fully saturated rings. The molecule has 1 atom stereocenters. The first-order valence-corrected chi connectivity index (χ1v) is 7.39. The van der Waals surface area contributed by atoms with Crippen molar-refractivity contribution in [2.45, 2.75) is 39.3 Å². The summed E-state index contributed by atoms with van der Waals surface area (Å²) in [4.78, 5) is 16.8. The third kappa shape index (κ3) is 2.91. The number of hydrogen-bond acceptors (Lipinski definition) is 5. The van der Waals surface area contributed by atoms with E-state index in [0.717, 1.165) is 17.1 Å². The van der Waals surface area contributed by atoms with Gasteiger partial charge in [0.15, 0.2) is 0 Å². The molecule has 2 rings (SSSR count). The number of thiazole rings is 1. The van der Waals surface area contributed by atoms with Gasteiger partial charge < -0.3 is 15.5 Å². The molecular weight excluding hydrogens is 274 g/mol. The van der Waals surface area contributed by atoms with Crippen molar-refractivity contribution >= 4 is 17.2 Å². The summed E-state index contributed by atoms with van der Waals surface area (Å²) in [6.07, 6.45) is 2.19. The second-order valence-electron chi connectivity index (χ2n) is 4.94. The summed E-state index contributed by atoms with van der Waals surface area (Å²) in [6, 6.07) is 1.67. The maximum Gasteiger partial charge on any atom is 0.255 e. The maximum absolute atomic E-state index is 12.3. The van der Waals surface area contributed by atoms with E-state index in [0.29, 0.717) is 11.3 Å². The molecule has 6 heteroatoms. The molecule has 0 aliphatic rings. The van der Waals surface area contributed by atoms with Gasteiger partial charge in [-0.1, -0.05) is 6.92 Å². The fourth-order valence-corrected chi connectivity index (χ4v) is 2.82. The summed E-state index contributed by atoms with van der Waals surface area (Å²) in [6.45, 7) is 6.23. The van der Waals surface area contributed by atoms with Gasteiger partial charge in [-0.2, -0.15) is 0 Å². The summed E-state index contributed by atoms with van der Waals surface area (Å²) >= 11 is 1.56. The first-order chi connectivity index (χ1) is 9.48. The zero-order valence-electron chi connectivity index (χ0n) is 11.9. The van der Waals surface area contributed by atoms with Crippen LogP contribution in [-0.2, 0) is 12.1 Å². The molecule has 0 aromatic carbocycles. The zero-order valence-corrected chi connectivity index (χ0v) is 12.7. The van der Waals surface area contributed by atoms with Crippen molar-refractivity contribution in [1.82, 2.24) is 10.3 Å². The number of aryl methyl sites for hydroxylation is 1. The van der Waals surface area contributed by atoms with Gasteiger partial charge in [0.1, 0.15) is 17.0 Å². The summed E-state index contributed by atoms with van der Waals surface area (Å²) < 4.78 is 5.19. The Labute approximate surface area is 122 Å². The summed E-state index contributed by atoms with van der Waals surface area (Å²) in [7, 11) is 0. The van der Waals surface area contributed by atoms with Crippen molar-refractivity contribution in [2.75, 3.05) is 0 Å². The number of nitrogens with one attached hydrogen (secondary N) is 1. The van der Waals surface area contributed by atoms with Gasteiger partial charge in [0, 0.05) is 11.1 Å². The Kier molecular flexibility index (Phi) is 4.25. The van der Waals surface area contributed by atoms with Crippen LogP contribution in [0, 0.1) is 6.92 Å². The smallest absolute Gasteiger partial charge is 0.255 e. The summed E-state index contributed by atoms with van der Waals surface area (Å²) in [5.74, 6) is 0.420. The number of hydrogen-bond donors (Lipinski definition) is 2. The van der Waals surface area contributed by atoms with Crippen molar-refractivity contribution in [3.63, 3.8) is 0 Å². The lowest BCUT2D eigenvalue weighted by atomic mass is 9.99. The Hall–Kier alpha value is -1.66. The van der Waals surface area contributed by atoms with Crippen molar-refractivity contribution < 1.29 is 9.21 Å².